The normalized spacial score (nSPS) is 19.1. The molecule has 1 atom stereocenters. The number of amides is 2. The molecule has 1 aliphatic rings. The highest BCUT2D eigenvalue weighted by Crippen LogP contribution is 2.21. The molecule has 0 radical (unpaired) electrons. The van der Waals surface area contributed by atoms with Gasteiger partial charge in [0.25, 0.3) is 5.91 Å². The minimum Gasteiger partial charge on any atom is -0.484 e. The van der Waals surface area contributed by atoms with Gasteiger partial charge in [-0.15, -0.1) is 0 Å². The number of carbonyl (C=O) groups excluding carboxylic acids is 2. The summed E-state index contributed by atoms with van der Waals surface area (Å²) in [5.74, 6) is -1.24. The molecule has 0 aromatic heterocycles. The lowest BCUT2D eigenvalue weighted by Crippen LogP contribution is -2.44. The summed E-state index contributed by atoms with van der Waals surface area (Å²) >= 11 is 0. The minimum atomic E-state index is -3.03. The number of sulfone groups is 1. The van der Waals surface area contributed by atoms with E-state index in [1.165, 1.54) is 24.3 Å². The van der Waals surface area contributed by atoms with Crippen LogP contribution < -0.4 is 15.6 Å². The molecule has 0 saturated carbocycles. The van der Waals surface area contributed by atoms with Gasteiger partial charge in [0.05, 0.1) is 11.5 Å². The first-order chi connectivity index (χ1) is 10.8. The van der Waals surface area contributed by atoms with Crippen molar-refractivity contribution in [3.63, 3.8) is 0 Å². The summed E-state index contributed by atoms with van der Waals surface area (Å²) in [7, 11) is -3.03. The number of nitrogens with one attached hydrogen (secondary N) is 2. The predicted molar refractivity (Wildman–Crippen MR) is 79.6 cm³/mol. The van der Waals surface area contributed by atoms with E-state index in [4.69, 9.17) is 4.74 Å². The van der Waals surface area contributed by atoms with Gasteiger partial charge in [-0.05, 0) is 36.6 Å². The molecule has 126 valence electrons. The summed E-state index contributed by atoms with van der Waals surface area (Å²) in [6, 6.07) is 5.15. The first kappa shape index (κ1) is 17.2. The summed E-state index contributed by atoms with van der Waals surface area (Å²) in [5, 5.41) is 0. The molecule has 0 bridgehead atoms. The maximum absolute atomic E-state index is 12.7. The molecule has 1 aliphatic heterocycles. The summed E-state index contributed by atoms with van der Waals surface area (Å²) in [4.78, 5) is 23.1. The van der Waals surface area contributed by atoms with Crippen LogP contribution >= 0.6 is 0 Å². The number of hydrogen-bond donors (Lipinski definition) is 2. The maximum atomic E-state index is 12.7. The first-order valence-corrected chi connectivity index (χ1v) is 8.83. The van der Waals surface area contributed by atoms with Crippen molar-refractivity contribution in [3.05, 3.63) is 30.1 Å². The Balaban J connectivity index is 1.66. The molecule has 2 rings (SSSR count). The molecule has 1 fully saturated rings. The SMILES string of the molecule is O=C(COc1ccc(F)cc1)NNC(=O)C[C@H]1CCS(=O)(=O)C1. The van der Waals surface area contributed by atoms with E-state index < -0.39 is 27.5 Å². The van der Waals surface area contributed by atoms with Crippen molar-refractivity contribution in [2.24, 2.45) is 5.92 Å². The lowest BCUT2D eigenvalue weighted by Gasteiger charge is -2.10. The van der Waals surface area contributed by atoms with Crippen LogP contribution in [0.1, 0.15) is 12.8 Å². The number of rotatable bonds is 5. The van der Waals surface area contributed by atoms with Gasteiger partial charge in [-0.3, -0.25) is 20.4 Å². The predicted octanol–water partition coefficient (Wildman–Crippen LogP) is 0.177. The van der Waals surface area contributed by atoms with Gasteiger partial charge in [0.1, 0.15) is 11.6 Å². The van der Waals surface area contributed by atoms with Gasteiger partial charge < -0.3 is 4.74 Å². The van der Waals surface area contributed by atoms with E-state index in [1.54, 1.807) is 0 Å². The fourth-order valence-electron chi connectivity index (χ4n) is 2.20. The van der Waals surface area contributed by atoms with Gasteiger partial charge >= 0.3 is 0 Å². The van der Waals surface area contributed by atoms with Crippen LogP contribution in [0.4, 0.5) is 4.39 Å². The summed E-state index contributed by atoms with van der Waals surface area (Å²) in [5.41, 5.74) is 4.38. The van der Waals surface area contributed by atoms with E-state index in [-0.39, 0.29) is 30.5 Å². The van der Waals surface area contributed by atoms with Crippen molar-refractivity contribution in [3.8, 4) is 5.75 Å². The Hall–Kier alpha value is -2.16. The zero-order chi connectivity index (χ0) is 16.9. The topological polar surface area (TPSA) is 102 Å². The highest BCUT2D eigenvalue weighted by molar-refractivity contribution is 7.91. The molecule has 1 saturated heterocycles. The largest absolute Gasteiger partial charge is 0.484 e. The zero-order valence-electron chi connectivity index (χ0n) is 12.2. The van der Waals surface area contributed by atoms with E-state index in [9.17, 15) is 22.4 Å². The van der Waals surface area contributed by atoms with Gasteiger partial charge in [-0.2, -0.15) is 0 Å². The molecular formula is C14H17FN2O5S. The Labute approximate surface area is 133 Å². The molecule has 2 amide bonds. The lowest BCUT2D eigenvalue weighted by molar-refractivity contribution is -0.130. The minimum absolute atomic E-state index is 0.00203. The third kappa shape index (κ3) is 5.85. The average molecular weight is 344 g/mol. The van der Waals surface area contributed by atoms with E-state index in [0.717, 1.165) is 0 Å². The number of halogens is 1. The first-order valence-electron chi connectivity index (χ1n) is 7.00. The van der Waals surface area contributed by atoms with E-state index in [1.807, 2.05) is 0 Å². The Kier molecular flexibility index (Phi) is 5.54. The second-order valence-corrected chi connectivity index (χ2v) is 7.54. The standard InChI is InChI=1S/C14H17FN2O5S/c15-11-1-3-12(4-2-11)22-8-14(19)17-16-13(18)7-10-5-6-23(20,21)9-10/h1-4,10H,5-9H2,(H,16,18)(H,17,19)/t10-/m1/s1. The number of hydrazine groups is 1. The van der Waals surface area contributed by atoms with Crippen LogP contribution in [-0.2, 0) is 19.4 Å². The van der Waals surface area contributed by atoms with Crippen molar-refractivity contribution in [2.45, 2.75) is 12.8 Å². The monoisotopic (exact) mass is 344 g/mol. The van der Waals surface area contributed by atoms with Crippen molar-refractivity contribution in [1.82, 2.24) is 10.9 Å². The van der Waals surface area contributed by atoms with Crippen molar-refractivity contribution in [1.29, 1.82) is 0 Å². The fraction of sp³-hybridized carbons (Fsp3) is 0.429. The molecule has 1 aromatic rings. The second kappa shape index (κ2) is 7.40. The third-order valence-corrected chi connectivity index (χ3v) is 5.16. The average Bonchev–Trinajstić information content (AvgIpc) is 2.83. The van der Waals surface area contributed by atoms with Gasteiger partial charge in [0, 0.05) is 6.42 Å². The summed E-state index contributed by atoms with van der Waals surface area (Å²) < 4.78 is 40.4. The number of benzene rings is 1. The van der Waals surface area contributed by atoms with Gasteiger partial charge in [-0.25, -0.2) is 12.8 Å². The third-order valence-electron chi connectivity index (χ3n) is 3.33. The quantitative estimate of drug-likeness (QED) is 0.742. The van der Waals surface area contributed by atoms with Crippen LogP contribution in [0.5, 0.6) is 5.75 Å². The number of ether oxygens (including phenoxy) is 1. The van der Waals surface area contributed by atoms with Crippen LogP contribution in [0.15, 0.2) is 24.3 Å². The molecule has 7 nitrogen and oxygen atoms in total. The van der Waals surface area contributed by atoms with Crippen molar-refractivity contribution < 1.29 is 27.1 Å². The zero-order valence-corrected chi connectivity index (χ0v) is 13.1. The molecule has 23 heavy (non-hydrogen) atoms. The molecule has 2 N–H and O–H groups in total. The maximum Gasteiger partial charge on any atom is 0.276 e. The molecule has 1 aromatic carbocycles. The lowest BCUT2D eigenvalue weighted by atomic mass is 10.1. The highest BCUT2D eigenvalue weighted by Gasteiger charge is 2.29. The van der Waals surface area contributed by atoms with Crippen molar-refractivity contribution >= 4 is 21.7 Å². The fourth-order valence-corrected chi connectivity index (χ4v) is 4.06. The van der Waals surface area contributed by atoms with E-state index in [0.29, 0.717) is 12.2 Å². The Bertz CT molecular complexity index is 675. The van der Waals surface area contributed by atoms with Crippen LogP contribution in [0, 0.1) is 11.7 Å². The van der Waals surface area contributed by atoms with Gasteiger partial charge in [-0.1, -0.05) is 0 Å². The molecule has 9 heteroatoms. The number of carbonyl (C=O) groups is 2. The molecular weight excluding hydrogens is 327 g/mol. The Morgan fingerprint density at radius 1 is 1.17 bits per heavy atom. The van der Waals surface area contributed by atoms with Crippen LogP contribution in [0.3, 0.4) is 0 Å². The molecule has 0 spiro atoms. The smallest absolute Gasteiger partial charge is 0.276 e. The molecule has 0 unspecified atom stereocenters. The Morgan fingerprint density at radius 3 is 2.43 bits per heavy atom. The van der Waals surface area contributed by atoms with Crippen LogP contribution in [0.2, 0.25) is 0 Å². The molecule has 1 heterocycles. The summed E-state index contributed by atoms with van der Waals surface area (Å²) in [6.45, 7) is -0.344. The van der Waals surface area contributed by atoms with E-state index in [2.05, 4.69) is 10.9 Å². The van der Waals surface area contributed by atoms with Gasteiger partial charge in [0.2, 0.25) is 5.91 Å². The number of hydrogen-bond acceptors (Lipinski definition) is 5. The van der Waals surface area contributed by atoms with Crippen molar-refractivity contribution in [2.75, 3.05) is 18.1 Å². The second-order valence-electron chi connectivity index (χ2n) is 5.31. The Morgan fingerprint density at radius 2 is 1.83 bits per heavy atom. The van der Waals surface area contributed by atoms with E-state index >= 15 is 0 Å². The summed E-state index contributed by atoms with van der Waals surface area (Å²) in [6.07, 6.45) is 0.496. The van der Waals surface area contributed by atoms with Crippen LogP contribution in [0.25, 0.3) is 0 Å². The van der Waals surface area contributed by atoms with Crippen LogP contribution in [-0.4, -0.2) is 38.3 Å². The molecule has 0 aliphatic carbocycles. The highest BCUT2D eigenvalue weighted by atomic mass is 32.2. The van der Waals surface area contributed by atoms with Gasteiger partial charge in [0.15, 0.2) is 16.4 Å².